The third kappa shape index (κ3) is 4.38. The quantitative estimate of drug-likeness (QED) is 0.607. The predicted molar refractivity (Wildman–Crippen MR) is 61.8 cm³/mol. The molecule has 1 aromatic rings. The molecule has 0 aliphatic heterocycles. The highest BCUT2D eigenvalue weighted by atomic mass is 16.5. The van der Waals surface area contributed by atoms with E-state index in [1.807, 2.05) is 0 Å². The van der Waals surface area contributed by atoms with Gasteiger partial charge in [-0.05, 0) is 19.1 Å². The number of aromatic nitrogens is 1. The third-order valence-electron chi connectivity index (χ3n) is 2.00. The first-order valence-electron chi connectivity index (χ1n) is 5.33. The fourth-order valence-electron chi connectivity index (χ4n) is 1.12. The molecule has 1 aromatic heterocycles. The SMILES string of the molecule is CCOC(=O)c1ccc(NCC(O)CO)nc1. The van der Waals surface area contributed by atoms with E-state index >= 15 is 0 Å². The molecule has 0 radical (unpaired) electrons. The van der Waals surface area contributed by atoms with Gasteiger partial charge in [-0.25, -0.2) is 9.78 Å². The number of carbonyl (C=O) groups is 1. The van der Waals surface area contributed by atoms with Crippen molar-refractivity contribution in [3.8, 4) is 0 Å². The second-order valence-corrected chi connectivity index (χ2v) is 3.37. The number of rotatable bonds is 6. The van der Waals surface area contributed by atoms with E-state index in [0.717, 1.165) is 0 Å². The van der Waals surface area contributed by atoms with Gasteiger partial charge < -0.3 is 20.3 Å². The summed E-state index contributed by atoms with van der Waals surface area (Å²) in [6.45, 7) is 1.94. The van der Waals surface area contributed by atoms with Gasteiger partial charge in [0.2, 0.25) is 0 Å². The average molecular weight is 240 g/mol. The van der Waals surface area contributed by atoms with Crippen LogP contribution in [0.1, 0.15) is 17.3 Å². The number of aliphatic hydroxyl groups is 2. The fourth-order valence-corrected chi connectivity index (χ4v) is 1.12. The van der Waals surface area contributed by atoms with E-state index in [4.69, 9.17) is 14.9 Å². The van der Waals surface area contributed by atoms with E-state index in [9.17, 15) is 4.79 Å². The Morgan fingerprint density at radius 2 is 2.35 bits per heavy atom. The number of ether oxygens (including phenoxy) is 1. The summed E-state index contributed by atoms with van der Waals surface area (Å²) < 4.78 is 4.81. The molecule has 0 saturated heterocycles. The molecule has 1 unspecified atom stereocenters. The highest BCUT2D eigenvalue weighted by Gasteiger charge is 2.07. The molecule has 0 aromatic carbocycles. The maximum atomic E-state index is 11.3. The average Bonchev–Trinajstić information content (AvgIpc) is 2.36. The first-order chi connectivity index (χ1) is 8.17. The normalized spacial score (nSPS) is 11.9. The highest BCUT2D eigenvalue weighted by molar-refractivity contribution is 5.89. The van der Waals surface area contributed by atoms with Gasteiger partial charge in [0, 0.05) is 12.7 Å². The summed E-state index contributed by atoms with van der Waals surface area (Å²) in [6, 6.07) is 3.19. The smallest absolute Gasteiger partial charge is 0.339 e. The Balaban J connectivity index is 2.53. The maximum Gasteiger partial charge on any atom is 0.339 e. The number of anilines is 1. The summed E-state index contributed by atoms with van der Waals surface area (Å²) in [5.41, 5.74) is 0.375. The Kier molecular flexibility index (Phi) is 5.38. The molecule has 1 heterocycles. The van der Waals surface area contributed by atoms with Gasteiger partial charge in [0.05, 0.1) is 24.9 Å². The standard InChI is InChI=1S/C11H16N2O4/c1-2-17-11(16)8-3-4-10(12-5-8)13-6-9(15)7-14/h3-5,9,14-15H,2,6-7H2,1H3,(H,12,13). The van der Waals surface area contributed by atoms with E-state index in [1.54, 1.807) is 19.1 Å². The monoisotopic (exact) mass is 240 g/mol. The second kappa shape index (κ2) is 6.82. The van der Waals surface area contributed by atoms with Gasteiger partial charge in [0.1, 0.15) is 5.82 Å². The molecule has 0 spiro atoms. The number of hydrogen-bond acceptors (Lipinski definition) is 6. The van der Waals surface area contributed by atoms with Crippen molar-refractivity contribution in [1.29, 1.82) is 0 Å². The summed E-state index contributed by atoms with van der Waals surface area (Å²) in [5, 5.41) is 20.6. The van der Waals surface area contributed by atoms with E-state index in [-0.39, 0.29) is 13.2 Å². The van der Waals surface area contributed by atoms with Crippen LogP contribution in [0, 0.1) is 0 Å². The van der Waals surface area contributed by atoms with E-state index in [2.05, 4.69) is 10.3 Å². The summed E-state index contributed by atoms with van der Waals surface area (Å²) in [5.74, 6) is 0.104. The topological polar surface area (TPSA) is 91.7 Å². The van der Waals surface area contributed by atoms with Crippen LogP contribution in [-0.2, 0) is 4.74 Å². The Morgan fingerprint density at radius 1 is 1.59 bits per heavy atom. The number of hydrogen-bond donors (Lipinski definition) is 3. The molecular weight excluding hydrogens is 224 g/mol. The summed E-state index contributed by atoms with van der Waals surface area (Å²) in [6.07, 6.45) is 0.563. The number of aliphatic hydroxyl groups excluding tert-OH is 2. The molecule has 17 heavy (non-hydrogen) atoms. The minimum Gasteiger partial charge on any atom is -0.462 e. The van der Waals surface area contributed by atoms with Crippen LogP contribution in [0.25, 0.3) is 0 Å². The Morgan fingerprint density at radius 3 is 2.88 bits per heavy atom. The van der Waals surface area contributed by atoms with Crippen LogP contribution >= 0.6 is 0 Å². The molecule has 3 N–H and O–H groups in total. The molecule has 0 bridgehead atoms. The molecule has 1 atom stereocenters. The van der Waals surface area contributed by atoms with Crippen LogP contribution in [0.5, 0.6) is 0 Å². The fraction of sp³-hybridized carbons (Fsp3) is 0.455. The van der Waals surface area contributed by atoms with Gasteiger partial charge in [0.25, 0.3) is 0 Å². The van der Waals surface area contributed by atoms with Crippen LogP contribution < -0.4 is 5.32 Å². The zero-order valence-electron chi connectivity index (χ0n) is 9.59. The molecular formula is C11H16N2O4. The first-order valence-corrected chi connectivity index (χ1v) is 5.33. The summed E-state index contributed by atoms with van der Waals surface area (Å²) in [4.78, 5) is 15.3. The number of nitrogens with zero attached hydrogens (tertiary/aromatic N) is 1. The lowest BCUT2D eigenvalue weighted by Crippen LogP contribution is -2.23. The van der Waals surface area contributed by atoms with Gasteiger partial charge in [-0.15, -0.1) is 0 Å². The van der Waals surface area contributed by atoms with Crippen molar-refractivity contribution in [2.75, 3.05) is 25.1 Å². The van der Waals surface area contributed by atoms with Gasteiger partial charge in [-0.2, -0.15) is 0 Å². The van der Waals surface area contributed by atoms with Crippen molar-refractivity contribution >= 4 is 11.8 Å². The van der Waals surface area contributed by atoms with Gasteiger partial charge >= 0.3 is 5.97 Å². The van der Waals surface area contributed by atoms with Crippen molar-refractivity contribution in [3.63, 3.8) is 0 Å². The van der Waals surface area contributed by atoms with Crippen LogP contribution in [0.4, 0.5) is 5.82 Å². The molecule has 6 nitrogen and oxygen atoms in total. The number of carbonyl (C=O) groups excluding carboxylic acids is 1. The molecule has 94 valence electrons. The minimum absolute atomic E-state index is 0.197. The summed E-state index contributed by atoms with van der Waals surface area (Å²) in [7, 11) is 0. The third-order valence-corrected chi connectivity index (χ3v) is 2.00. The Bertz CT molecular complexity index is 353. The zero-order valence-corrected chi connectivity index (χ0v) is 9.59. The van der Waals surface area contributed by atoms with E-state index in [1.165, 1.54) is 6.20 Å². The lowest BCUT2D eigenvalue weighted by Gasteiger charge is -2.09. The minimum atomic E-state index is -0.832. The zero-order chi connectivity index (χ0) is 12.7. The lowest BCUT2D eigenvalue weighted by atomic mass is 10.3. The van der Waals surface area contributed by atoms with Crippen molar-refractivity contribution < 1.29 is 19.7 Å². The molecule has 0 amide bonds. The van der Waals surface area contributed by atoms with Crippen LogP contribution in [-0.4, -0.2) is 47.0 Å². The highest BCUT2D eigenvalue weighted by Crippen LogP contribution is 2.06. The first kappa shape index (κ1) is 13.4. The van der Waals surface area contributed by atoms with Crippen LogP contribution in [0.15, 0.2) is 18.3 Å². The Labute approximate surface area is 99.3 Å². The molecule has 1 rings (SSSR count). The molecule has 0 aliphatic rings. The van der Waals surface area contributed by atoms with Crippen molar-refractivity contribution in [3.05, 3.63) is 23.9 Å². The van der Waals surface area contributed by atoms with Crippen molar-refractivity contribution in [1.82, 2.24) is 4.98 Å². The van der Waals surface area contributed by atoms with Gasteiger partial charge in [0.15, 0.2) is 0 Å². The molecule has 0 fully saturated rings. The van der Waals surface area contributed by atoms with Gasteiger partial charge in [-0.3, -0.25) is 0 Å². The van der Waals surface area contributed by atoms with E-state index in [0.29, 0.717) is 18.0 Å². The number of pyridine rings is 1. The predicted octanol–water partition coefficient (Wildman–Crippen LogP) is 0.0234. The molecule has 0 saturated carbocycles. The Hall–Kier alpha value is -1.66. The number of esters is 1. The number of nitrogens with one attached hydrogen (secondary N) is 1. The van der Waals surface area contributed by atoms with Crippen molar-refractivity contribution in [2.24, 2.45) is 0 Å². The van der Waals surface area contributed by atoms with Gasteiger partial charge in [-0.1, -0.05) is 0 Å². The molecule has 6 heteroatoms. The van der Waals surface area contributed by atoms with Crippen molar-refractivity contribution in [2.45, 2.75) is 13.0 Å². The maximum absolute atomic E-state index is 11.3. The second-order valence-electron chi connectivity index (χ2n) is 3.37. The summed E-state index contributed by atoms with van der Waals surface area (Å²) >= 11 is 0. The largest absolute Gasteiger partial charge is 0.462 e. The van der Waals surface area contributed by atoms with Crippen LogP contribution in [0.3, 0.4) is 0 Å². The molecule has 0 aliphatic carbocycles. The van der Waals surface area contributed by atoms with Crippen LogP contribution in [0.2, 0.25) is 0 Å². The lowest BCUT2D eigenvalue weighted by molar-refractivity contribution is 0.0526. The van der Waals surface area contributed by atoms with E-state index < -0.39 is 12.1 Å².